The fraction of sp³-hybridized carbons (Fsp3) is 0.235. The summed E-state index contributed by atoms with van der Waals surface area (Å²) in [5, 5.41) is 7.76. The minimum Gasteiger partial charge on any atom is -0.467 e. The molecule has 3 amide bonds. The van der Waals surface area contributed by atoms with E-state index in [9.17, 15) is 14.4 Å². The monoisotopic (exact) mass is 329 g/mol. The molecule has 0 aliphatic carbocycles. The van der Waals surface area contributed by atoms with Crippen molar-refractivity contribution in [1.29, 1.82) is 0 Å². The van der Waals surface area contributed by atoms with Crippen LogP contribution in [0.25, 0.3) is 0 Å². The van der Waals surface area contributed by atoms with Gasteiger partial charge < -0.3 is 20.4 Å². The Labute approximate surface area is 139 Å². The fourth-order valence-corrected chi connectivity index (χ4v) is 1.91. The number of hydrogen-bond donors (Lipinski definition) is 3. The third-order valence-electron chi connectivity index (χ3n) is 3.16. The summed E-state index contributed by atoms with van der Waals surface area (Å²) < 4.78 is 5.08. The lowest BCUT2D eigenvalue weighted by molar-refractivity contribution is -0.126. The Morgan fingerprint density at radius 1 is 0.875 bits per heavy atom. The molecule has 1 aromatic carbocycles. The summed E-state index contributed by atoms with van der Waals surface area (Å²) in [6, 6.07) is 12.2. The van der Waals surface area contributed by atoms with Crippen LogP contribution in [0.4, 0.5) is 0 Å². The van der Waals surface area contributed by atoms with Gasteiger partial charge in [0.2, 0.25) is 11.8 Å². The van der Waals surface area contributed by atoms with E-state index in [1.807, 2.05) is 6.07 Å². The predicted molar refractivity (Wildman–Crippen MR) is 87.0 cm³/mol. The smallest absolute Gasteiger partial charge is 0.251 e. The summed E-state index contributed by atoms with van der Waals surface area (Å²) >= 11 is 0. The average molecular weight is 329 g/mol. The van der Waals surface area contributed by atoms with Gasteiger partial charge in [0.05, 0.1) is 19.4 Å². The minimum absolute atomic E-state index is 0.101. The van der Waals surface area contributed by atoms with Crippen LogP contribution in [0.1, 0.15) is 22.5 Å². The Hall–Kier alpha value is -3.09. The van der Waals surface area contributed by atoms with E-state index in [0.29, 0.717) is 11.3 Å². The lowest BCUT2D eigenvalue weighted by Crippen LogP contribution is -2.38. The van der Waals surface area contributed by atoms with Crippen LogP contribution in [0.3, 0.4) is 0 Å². The van der Waals surface area contributed by atoms with E-state index >= 15 is 0 Å². The first-order valence-corrected chi connectivity index (χ1v) is 7.54. The number of benzene rings is 1. The number of nitrogens with one attached hydrogen (secondary N) is 3. The topological polar surface area (TPSA) is 100 Å². The van der Waals surface area contributed by atoms with Crippen molar-refractivity contribution in [2.24, 2.45) is 0 Å². The highest BCUT2D eigenvalue weighted by Crippen LogP contribution is 1.98. The molecular formula is C17H19N3O4. The number of amides is 3. The zero-order chi connectivity index (χ0) is 17.2. The van der Waals surface area contributed by atoms with Crippen molar-refractivity contribution < 1.29 is 18.8 Å². The van der Waals surface area contributed by atoms with Gasteiger partial charge in [0.15, 0.2) is 0 Å². The van der Waals surface area contributed by atoms with E-state index < -0.39 is 0 Å². The van der Waals surface area contributed by atoms with E-state index in [-0.39, 0.29) is 43.8 Å². The molecule has 0 atom stereocenters. The predicted octanol–water partition coefficient (Wildman–Crippen LogP) is 0.832. The summed E-state index contributed by atoms with van der Waals surface area (Å²) in [5.74, 6) is -0.220. The molecule has 0 bridgehead atoms. The molecule has 7 nitrogen and oxygen atoms in total. The van der Waals surface area contributed by atoms with Gasteiger partial charge in [-0.1, -0.05) is 18.2 Å². The second-order valence-corrected chi connectivity index (χ2v) is 5.00. The molecule has 0 aliphatic heterocycles. The first-order valence-electron chi connectivity index (χ1n) is 7.54. The second kappa shape index (κ2) is 9.14. The highest BCUT2D eigenvalue weighted by atomic mass is 16.3. The summed E-state index contributed by atoms with van der Waals surface area (Å²) in [7, 11) is 0. The minimum atomic E-state index is -0.312. The zero-order valence-corrected chi connectivity index (χ0v) is 13.1. The lowest BCUT2D eigenvalue weighted by atomic mass is 10.2. The molecule has 3 N–H and O–H groups in total. The molecule has 0 spiro atoms. The zero-order valence-electron chi connectivity index (χ0n) is 13.1. The SMILES string of the molecule is O=C(CCNC(=O)c1ccccc1)NCC(=O)NCc1ccco1. The Kier molecular flexibility index (Phi) is 6.58. The van der Waals surface area contributed by atoms with Gasteiger partial charge in [-0.3, -0.25) is 14.4 Å². The van der Waals surface area contributed by atoms with Crippen LogP contribution >= 0.6 is 0 Å². The van der Waals surface area contributed by atoms with Crippen molar-refractivity contribution in [3.63, 3.8) is 0 Å². The third-order valence-corrected chi connectivity index (χ3v) is 3.16. The van der Waals surface area contributed by atoms with Gasteiger partial charge in [-0.05, 0) is 24.3 Å². The maximum atomic E-state index is 11.8. The van der Waals surface area contributed by atoms with Gasteiger partial charge in [0.25, 0.3) is 5.91 Å². The fourth-order valence-electron chi connectivity index (χ4n) is 1.91. The van der Waals surface area contributed by atoms with Gasteiger partial charge in [-0.2, -0.15) is 0 Å². The van der Waals surface area contributed by atoms with Crippen LogP contribution in [0.5, 0.6) is 0 Å². The van der Waals surface area contributed by atoms with Crippen molar-refractivity contribution >= 4 is 17.7 Å². The first-order chi connectivity index (χ1) is 11.6. The van der Waals surface area contributed by atoms with E-state index in [4.69, 9.17) is 4.42 Å². The Balaban J connectivity index is 1.58. The maximum absolute atomic E-state index is 11.8. The molecule has 2 aromatic rings. The Bertz CT molecular complexity index is 668. The molecule has 126 valence electrons. The molecule has 1 heterocycles. The van der Waals surface area contributed by atoms with E-state index in [0.717, 1.165) is 0 Å². The van der Waals surface area contributed by atoms with E-state index in [1.54, 1.807) is 36.4 Å². The normalized spacial score (nSPS) is 10.0. The van der Waals surface area contributed by atoms with Crippen molar-refractivity contribution in [3.05, 3.63) is 60.1 Å². The van der Waals surface area contributed by atoms with E-state index in [2.05, 4.69) is 16.0 Å². The van der Waals surface area contributed by atoms with Crippen molar-refractivity contribution in [3.8, 4) is 0 Å². The molecule has 0 radical (unpaired) electrons. The Morgan fingerprint density at radius 2 is 1.67 bits per heavy atom. The molecule has 0 aliphatic rings. The van der Waals surface area contributed by atoms with Crippen LogP contribution in [0.15, 0.2) is 53.1 Å². The molecule has 7 heteroatoms. The number of carbonyl (C=O) groups excluding carboxylic acids is 3. The molecule has 0 saturated carbocycles. The Morgan fingerprint density at radius 3 is 2.38 bits per heavy atom. The lowest BCUT2D eigenvalue weighted by Gasteiger charge is -2.07. The molecule has 1 aromatic heterocycles. The molecule has 24 heavy (non-hydrogen) atoms. The average Bonchev–Trinajstić information content (AvgIpc) is 3.12. The maximum Gasteiger partial charge on any atom is 0.251 e. The number of furan rings is 1. The van der Waals surface area contributed by atoms with Crippen LogP contribution in [0.2, 0.25) is 0 Å². The van der Waals surface area contributed by atoms with Gasteiger partial charge in [-0.25, -0.2) is 0 Å². The van der Waals surface area contributed by atoms with Crippen LogP contribution in [-0.2, 0) is 16.1 Å². The number of carbonyl (C=O) groups is 3. The summed E-state index contributed by atoms with van der Waals surface area (Å²) in [6.07, 6.45) is 1.62. The van der Waals surface area contributed by atoms with Crippen LogP contribution in [0, 0.1) is 0 Å². The number of hydrogen-bond acceptors (Lipinski definition) is 4. The van der Waals surface area contributed by atoms with Crippen molar-refractivity contribution in [1.82, 2.24) is 16.0 Å². The van der Waals surface area contributed by atoms with Gasteiger partial charge >= 0.3 is 0 Å². The highest BCUT2D eigenvalue weighted by Gasteiger charge is 2.08. The first kappa shape index (κ1) is 17.3. The molecular weight excluding hydrogens is 310 g/mol. The van der Waals surface area contributed by atoms with Gasteiger partial charge in [0.1, 0.15) is 5.76 Å². The third kappa shape index (κ3) is 5.96. The van der Waals surface area contributed by atoms with E-state index in [1.165, 1.54) is 6.26 Å². The molecule has 2 rings (SSSR count). The quantitative estimate of drug-likeness (QED) is 0.668. The molecule has 0 saturated heterocycles. The van der Waals surface area contributed by atoms with Crippen molar-refractivity contribution in [2.45, 2.75) is 13.0 Å². The standard InChI is InChI=1S/C17H19N3O4/c21-15(8-9-18-17(23)13-5-2-1-3-6-13)20-12-16(22)19-11-14-7-4-10-24-14/h1-7,10H,8-9,11-12H2,(H,18,23)(H,19,22)(H,20,21). The highest BCUT2D eigenvalue weighted by molar-refractivity contribution is 5.94. The molecule has 0 unspecified atom stereocenters. The van der Waals surface area contributed by atoms with Crippen LogP contribution < -0.4 is 16.0 Å². The summed E-state index contributed by atoms with van der Waals surface area (Å²) in [5.41, 5.74) is 0.537. The summed E-state index contributed by atoms with van der Waals surface area (Å²) in [6.45, 7) is 0.356. The van der Waals surface area contributed by atoms with Crippen molar-refractivity contribution in [2.75, 3.05) is 13.1 Å². The number of rotatable bonds is 8. The second-order valence-electron chi connectivity index (χ2n) is 5.00. The largest absolute Gasteiger partial charge is 0.467 e. The van der Waals surface area contributed by atoms with Gasteiger partial charge in [0, 0.05) is 18.5 Å². The van der Waals surface area contributed by atoms with Crippen LogP contribution in [-0.4, -0.2) is 30.8 Å². The van der Waals surface area contributed by atoms with Gasteiger partial charge in [-0.15, -0.1) is 0 Å². The molecule has 0 fully saturated rings. The summed E-state index contributed by atoms with van der Waals surface area (Å²) in [4.78, 5) is 35.0.